The van der Waals surface area contributed by atoms with Crippen LogP contribution in [0.25, 0.3) is 0 Å². The summed E-state index contributed by atoms with van der Waals surface area (Å²) in [5.41, 5.74) is -0.784. The predicted molar refractivity (Wildman–Crippen MR) is 78.2 cm³/mol. The Bertz CT molecular complexity index is 594. The topological polar surface area (TPSA) is 89.0 Å². The summed E-state index contributed by atoms with van der Waals surface area (Å²) in [6.45, 7) is 0. The van der Waals surface area contributed by atoms with Gasteiger partial charge in [0.05, 0.1) is 7.11 Å². The van der Waals surface area contributed by atoms with E-state index in [9.17, 15) is 9.59 Å². The lowest BCUT2D eigenvalue weighted by atomic mass is 9.97. The first-order valence-corrected chi connectivity index (χ1v) is 8.06. The Morgan fingerprint density at radius 1 is 1.52 bits per heavy atom. The number of esters is 1. The maximum atomic E-state index is 12.2. The van der Waals surface area contributed by atoms with Crippen LogP contribution in [-0.2, 0) is 16.6 Å². The third-order valence-electron chi connectivity index (χ3n) is 4.21. The molecule has 0 aromatic carbocycles. The van der Waals surface area contributed by atoms with Gasteiger partial charge in [-0.1, -0.05) is 11.8 Å². The molecule has 2 fully saturated rings. The van der Waals surface area contributed by atoms with E-state index in [4.69, 9.17) is 4.74 Å². The van der Waals surface area contributed by atoms with Gasteiger partial charge in [0, 0.05) is 18.3 Å². The Labute approximate surface area is 126 Å². The number of aromatic amines is 1. The monoisotopic (exact) mass is 312 g/mol. The number of ether oxygens (including phenoxy) is 1. The molecular formula is C13H20N4O3S. The van der Waals surface area contributed by atoms with Crippen LogP contribution in [0.4, 0.5) is 0 Å². The van der Waals surface area contributed by atoms with E-state index in [0.717, 1.165) is 25.7 Å². The van der Waals surface area contributed by atoms with E-state index in [0.29, 0.717) is 17.6 Å². The minimum atomic E-state index is -0.567. The third-order valence-corrected chi connectivity index (χ3v) is 5.53. The first kappa shape index (κ1) is 14.6. The van der Waals surface area contributed by atoms with Crippen molar-refractivity contribution in [2.75, 3.05) is 7.11 Å². The van der Waals surface area contributed by atoms with Crippen molar-refractivity contribution < 1.29 is 9.53 Å². The zero-order valence-electron chi connectivity index (χ0n) is 12.2. The second-order valence-electron chi connectivity index (χ2n) is 5.85. The zero-order chi connectivity index (χ0) is 15.0. The summed E-state index contributed by atoms with van der Waals surface area (Å²) in [7, 11) is 3.13. The van der Waals surface area contributed by atoms with Gasteiger partial charge in [0.1, 0.15) is 5.54 Å². The molecule has 0 spiro atoms. The lowest BCUT2D eigenvalue weighted by Gasteiger charge is -2.27. The van der Waals surface area contributed by atoms with Gasteiger partial charge in [0.2, 0.25) is 0 Å². The fraction of sp³-hybridized carbons (Fsp3) is 0.769. The van der Waals surface area contributed by atoms with E-state index in [1.54, 1.807) is 18.8 Å². The number of nitrogens with one attached hydrogen (secondary N) is 2. The molecule has 2 unspecified atom stereocenters. The molecular weight excluding hydrogens is 292 g/mol. The molecule has 3 rings (SSSR count). The first-order valence-electron chi connectivity index (χ1n) is 7.18. The van der Waals surface area contributed by atoms with E-state index in [2.05, 4.69) is 15.5 Å². The molecule has 1 heterocycles. The normalized spacial score (nSPS) is 28.8. The van der Waals surface area contributed by atoms with Crippen LogP contribution in [0.15, 0.2) is 9.95 Å². The first-order chi connectivity index (χ1) is 10.0. The van der Waals surface area contributed by atoms with Gasteiger partial charge in [0.15, 0.2) is 5.16 Å². The Kier molecular flexibility index (Phi) is 3.83. The standard InChI is InChI=1S/C13H20N4O3S/c1-17-11(19)15-16-12(17)21-9-5-6-13(7-9,10(18)20-2)14-8-3-4-8/h8-9,14H,3-7H2,1-2H3,(H,15,19). The van der Waals surface area contributed by atoms with E-state index in [1.807, 2.05) is 0 Å². The Morgan fingerprint density at radius 3 is 2.86 bits per heavy atom. The van der Waals surface area contributed by atoms with Crippen LogP contribution >= 0.6 is 11.8 Å². The van der Waals surface area contributed by atoms with Gasteiger partial charge in [-0.05, 0) is 32.1 Å². The van der Waals surface area contributed by atoms with Crippen LogP contribution in [0, 0.1) is 0 Å². The maximum Gasteiger partial charge on any atom is 0.343 e. The van der Waals surface area contributed by atoms with Crippen molar-refractivity contribution in [3.63, 3.8) is 0 Å². The fourth-order valence-electron chi connectivity index (χ4n) is 2.88. The second-order valence-corrected chi connectivity index (χ2v) is 7.11. The number of hydrogen-bond acceptors (Lipinski definition) is 6. The average molecular weight is 312 g/mol. The van der Waals surface area contributed by atoms with E-state index in [-0.39, 0.29) is 16.9 Å². The number of rotatable bonds is 5. The molecule has 2 N–H and O–H groups in total. The molecule has 0 aliphatic heterocycles. The summed E-state index contributed by atoms with van der Waals surface area (Å²) in [6, 6.07) is 0.447. The molecule has 116 valence electrons. The molecule has 2 saturated carbocycles. The van der Waals surface area contributed by atoms with Crippen molar-refractivity contribution >= 4 is 17.7 Å². The fourth-order valence-corrected chi connectivity index (χ4v) is 4.12. The van der Waals surface area contributed by atoms with Crippen molar-refractivity contribution in [2.24, 2.45) is 7.05 Å². The van der Waals surface area contributed by atoms with Crippen LogP contribution in [0.2, 0.25) is 0 Å². The van der Waals surface area contributed by atoms with Crippen molar-refractivity contribution in [2.45, 2.75) is 54.1 Å². The molecule has 0 amide bonds. The summed E-state index contributed by atoms with van der Waals surface area (Å²) in [6.07, 6.45) is 4.64. The molecule has 1 aromatic heterocycles. The molecule has 0 saturated heterocycles. The van der Waals surface area contributed by atoms with Gasteiger partial charge < -0.3 is 4.74 Å². The number of carbonyl (C=O) groups excluding carboxylic acids is 1. The summed E-state index contributed by atoms with van der Waals surface area (Å²) in [5, 5.41) is 10.8. The van der Waals surface area contributed by atoms with Crippen molar-refractivity contribution in [1.82, 2.24) is 20.1 Å². The lowest BCUT2D eigenvalue weighted by Crippen LogP contribution is -2.52. The van der Waals surface area contributed by atoms with Gasteiger partial charge in [-0.2, -0.15) is 0 Å². The SMILES string of the molecule is COC(=O)C1(NC2CC2)CCC(Sc2n[nH]c(=O)n2C)C1. The van der Waals surface area contributed by atoms with Gasteiger partial charge >= 0.3 is 11.7 Å². The highest BCUT2D eigenvalue weighted by atomic mass is 32.2. The number of aromatic nitrogens is 3. The van der Waals surface area contributed by atoms with Crippen molar-refractivity contribution in [3.8, 4) is 0 Å². The zero-order valence-corrected chi connectivity index (χ0v) is 13.0. The van der Waals surface area contributed by atoms with Gasteiger partial charge in [-0.15, -0.1) is 5.10 Å². The molecule has 0 radical (unpaired) electrons. The van der Waals surface area contributed by atoms with Crippen LogP contribution in [0.3, 0.4) is 0 Å². The highest BCUT2D eigenvalue weighted by Gasteiger charge is 2.49. The molecule has 2 atom stereocenters. The van der Waals surface area contributed by atoms with E-state index >= 15 is 0 Å². The largest absolute Gasteiger partial charge is 0.468 e. The minimum Gasteiger partial charge on any atom is -0.468 e. The molecule has 21 heavy (non-hydrogen) atoms. The summed E-state index contributed by atoms with van der Waals surface area (Å²) in [4.78, 5) is 23.6. The number of thioether (sulfide) groups is 1. The number of hydrogen-bond donors (Lipinski definition) is 2. The summed E-state index contributed by atoms with van der Waals surface area (Å²) in [5.74, 6) is -0.173. The molecule has 1 aromatic rings. The average Bonchev–Trinajstić information content (AvgIpc) is 3.12. The highest BCUT2D eigenvalue weighted by molar-refractivity contribution is 7.99. The van der Waals surface area contributed by atoms with Gasteiger partial charge in [-0.3, -0.25) is 14.7 Å². The van der Waals surface area contributed by atoms with Crippen LogP contribution in [-0.4, -0.2) is 44.7 Å². The predicted octanol–water partition coefficient (Wildman–Crippen LogP) is 0.417. The number of H-pyrrole nitrogens is 1. The molecule has 7 nitrogen and oxygen atoms in total. The Balaban J connectivity index is 1.71. The summed E-state index contributed by atoms with van der Waals surface area (Å²) >= 11 is 1.55. The van der Waals surface area contributed by atoms with Crippen molar-refractivity contribution in [1.29, 1.82) is 0 Å². The number of methoxy groups -OCH3 is 1. The highest BCUT2D eigenvalue weighted by Crippen LogP contribution is 2.41. The lowest BCUT2D eigenvalue weighted by molar-refractivity contribution is -0.148. The number of carbonyl (C=O) groups is 1. The maximum absolute atomic E-state index is 12.2. The Morgan fingerprint density at radius 2 is 2.29 bits per heavy atom. The molecule has 2 aliphatic carbocycles. The van der Waals surface area contributed by atoms with Crippen LogP contribution in [0.5, 0.6) is 0 Å². The Hall–Kier alpha value is -1.28. The van der Waals surface area contributed by atoms with E-state index in [1.165, 1.54) is 11.7 Å². The minimum absolute atomic E-state index is 0.173. The summed E-state index contributed by atoms with van der Waals surface area (Å²) < 4.78 is 6.50. The quantitative estimate of drug-likeness (QED) is 0.766. The smallest absolute Gasteiger partial charge is 0.343 e. The van der Waals surface area contributed by atoms with Gasteiger partial charge in [0.25, 0.3) is 0 Å². The third kappa shape index (κ3) is 2.87. The molecule has 8 heteroatoms. The van der Waals surface area contributed by atoms with Crippen molar-refractivity contribution in [3.05, 3.63) is 10.5 Å². The molecule has 0 bridgehead atoms. The van der Waals surface area contributed by atoms with Crippen LogP contribution < -0.4 is 11.0 Å². The van der Waals surface area contributed by atoms with Gasteiger partial charge in [-0.25, -0.2) is 9.89 Å². The molecule has 2 aliphatic rings. The number of nitrogens with zero attached hydrogens (tertiary/aromatic N) is 2. The van der Waals surface area contributed by atoms with Crippen LogP contribution in [0.1, 0.15) is 32.1 Å². The van der Waals surface area contributed by atoms with E-state index < -0.39 is 5.54 Å². The second kappa shape index (κ2) is 5.49.